The van der Waals surface area contributed by atoms with Crippen LogP contribution in [0.15, 0.2) is 72.8 Å². The van der Waals surface area contributed by atoms with Crippen molar-refractivity contribution in [2.24, 2.45) is 0 Å². The lowest BCUT2D eigenvalue weighted by Crippen LogP contribution is -2.48. The average Bonchev–Trinajstić information content (AvgIpc) is 3.29. The number of methoxy groups -OCH3 is 1. The Morgan fingerprint density at radius 2 is 1.76 bits per heavy atom. The maximum absolute atomic E-state index is 13.1. The van der Waals surface area contributed by atoms with Gasteiger partial charge in [0.25, 0.3) is 0 Å². The van der Waals surface area contributed by atoms with E-state index < -0.39 is 0 Å². The van der Waals surface area contributed by atoms with Crippen LogP contribution in [0.1, 0.15) is 24.0 Å². The van der Waals surface area contributed by atoms with Gasteiger partial charge in [0.15, 0.2) is 0 Å². The predicted octanol–water partition coefficient (Wildman–Crippen LogP) is 5.10. The first kappa shape index (κ1) is 21.5. The molecular weight excluding hydrogens is 410 g/mol. The highest BCUT2D eigenvalue weighted by molar-refractivity contribution is 5.95. The minimum atomic E-state index is 0.0347. The summed E-state index contributed by atoms with van der Waals surface area (Å²) in [5.41, 5.74) is 5.98. The molecular formula is C28H31N3O2. The van der Waals surface area contributed by atoms with Gasteiger partial charge in [-0.15, -0.1) is 0 Å². The average molecular weight is 442 g/mol. The first-order valence-corrected chi connectivity index (χ1v) is 11.8. The van der Waals surface area contributed by atoms with Crippen LogP contribution >= 0.6 is 0 Å². The summed E-state index contributed by atoms with van der Waals surface area (Å²) < 4.78 is 5.34. The van der Waals surface area contributed by atoms with Gasteiger partial charge in [0, 0.05) is 37.9 Å². The first-order valence-electron chi connectivity index (χ1n) is 11.8. The second-order valence-corrected chi connectivity index (χ2v) is 8.96. The molecule has 0 radical (unpaired) electrons. The summed E-state index contributed by atoms with van der Waals surface area (Å²) in [7, 11) is 1.70. The molecule has 0 atom stereocenters. The number of carbonyl (C=O) groups is 1. The molecule has 1 saturated heterocycles. The van der Waals surface area contributed by atoms with E-state index in [-0.39, 0.29) is 12.1 Å². The van der Waals surface area contributed by atoms with E-state index in [0.29, 0.717) is 0 Å². The summed E-state index contributed by atoms with van der Waals surface area (Å²) in [5, 5.41) is 3.29. The Hall–Kier alpha value is -3.31. The topological polar surface area (TPSA) is 44.8 Å². The zero-order valence-electron chi connectivity index (χ0n) is 19.2. The number of ether oxygens (including phenoxy) is 1. The Balaban J connectivity index is 1.16. The maximum Gasteiger partial charge on any atom is 0.322 e. The van der Waals surface area contributed by atoms with Crippen molar-refractivity contribution in [3.63, 3.8) is 0 Å². The van der Waals surface area contributed by atoms with Crippen LogP contribution in [-0.2, 0) is 13.0 Å². The Morgan fingerprint density at radius 1 is 0.939 bits per heavy atom. The summed E-state index contributed by atoms with van der Waals surface area (Å²) in [6.45, 7) is 3.63. The van der Waals surface area contributed by atoms with Gasteiger partial charge < -0.3 is 10.1 Å². The summed E-state index contributed by atoms with van der Waals surface area (Å²) in [4.78, 5) is 17.4. The van der Waals surface area contributed by atoms with Gasteiger partial charge in [-0.25, -0.2) is 4.79 Å². The van der Waals surface area contributed by atoms with Crippen molar-refractivity contribution in [1.29, 1.82) is 0 Å². The van der Waals surface area contributed by atoms with Gasteiger partial charge >= 0.3 is 6.03 Å². The van der Waals surface area contributed by atoms with Gasteiger partial charge in [0.1, 0.15) is 5.75 Å². The quantitative estimate of drug-likeness (QED) is 0.599. The number of carbonyl (C=O) groups excluding carboxylic acids is 1. The molecule has 1 fully saturated rings. The molecule has 5 heteroatoms. The molecule has 0 unspecified atom stereocenters. The van der Waals surface area contributed by atoms with Crippen LogP contribution in [0.5, 0.6) is 5.75 Å². The minimum Gasteiger partial charge on any atom is -0.497 e. The van der Waals surface area contributed by atoms with Crippen LogP contribution in [0.4, 0.5) is 10.5 Å². The van der Waals surface area contributed by atoms with Gasteiger partial charge in [-0.05, 0) is 65.8 Å². The molecule has 0 aliphatic carbocycles. The summed E-state index contributed by atoms with van der Waals surface area (Å²) in [6.07, 6.45) is 2.86. The van der Waals surface area contributed by atoms with E-state index >= 15 is 0 Å². The van der Waals surface area contributed by atoms with E-state index in [9.17, 15) is 4.79 Å². The van der Waals surface area contributed by atoms with Crippen molar-refractivity contribution in [2.45, 2.75) is 31.8 Å². The highest BCUT2D eigenvalue weighted by Gasteiger charge is 2.28. The number of amides is 2. The molecule has 5 nitrogen and oxygen atoms in total. The molecule has 2 amide bonds. The molecule has 0 saturated carbocycles. The van der Waals surface area contributed by atoms with E-state index in [0.717, 1.165) is 56.9 Å². The number of fused-ring (bicyclic) bond motifs is 1. The zero-order chi connectivity index (χ0) is 22.6. The van der Waals surface area contributed by atoms with E-state index in [2.05, 4.69) is 64.8 Å². The third-order valence-electron chi connectivity index (χ3n) is 6.78. The van der Waals surface area contributed by atoms with Crippen molar-refractivity contribution in [1.82, 2.24) is 10.2 Å². The van der Waals surface area contributed by atoms with Crippen molar-refractivity contribution >= 4 is 11.7 Å². The lowest BCUT2D eigenvalue weighted by Gasteiger charge is -2.33. The normalized spacial score (nSPS) is 16.5. The second-order valence-electron chi connectivity index (χ2n) is 8.96. The summed E-state index contributed by atoms with van der Waals surface area (Å²) in [6, 6.07) is 25.4. The molecule has 3 aromatic carbocycles. The van der Waals surface area contributed by atoms with Crippen LogP contribution in [0, 0.1) is 0 Å². The van der Waals surface area contributed by atoms with E-state index in [1.165, 1.54) is 22.3 Å². The number of nitrogens with zero attached hydrogens (tertiary/aromatic N) is 2. The van der Waals surface area contributed by atoms with Crippen LogP contribution in [-0.4, -0.2) is 43.7 Å². The number of hydrogen-bond donors (Lipinski definition) is 1. The van der Waals surface area contributed by atoms with Crippen LogP contribution in [0.3, 0.4) is 0 Å². The van der Waals surface area contributed by atoms with Crippen molar-refractivity contribution in [3.05, 3.63) is 83.9 Å². The number of urea groups is 1. The van der Waals surface area contributed by atoms with Crippen LogP contribution in [0.25, 0.3) is 11.1 Å². The smallest absolute Gasteiger partial charge is 0.322 e. The Labute approximate surface area is 196 Å². The molecule has 5 rings (SSSR count). The lowest BCUT2D eigenvalue weighted by molar-refractivity contribution is 0.188. The number of hydrogen-bond acceptors (Lipinski definition) is 3. The van der Waals surface area contributed by atoms with E-state index in [1.807, 2.05) is 23.1 Å². The third kappa shape index (κ3) is 4.88. The van der Waals surface area contributed by atoms with Gasteiger partial charge in [0.2, 0.25) is 0 Å². The van der Waals surface area contributed by atoms with E-state index in [1.54, 1.807) is 7.11 Å². The Morgan fingerprint density at radius 3 is 2.55 bits per heavy atom. The maximum atomic E-state index is 13.1. The predicted molar refractivity (Wildman–Crippen MR) is 133 cm³/mol. The van der Waals surface area contributed by atoms with Crippen molar-refractivity contribution < 1.29 is 9.53 Å². The number of anilines is 1. The van der Waals surface area contributed by atoms with Gasteiger partial charge in [-0.3, -0.25) is 9.80 Å². The fourth-order valence-corrected chi connectivity index (χ4v) is 4.94. The van der Waals surface area contributed by atoms with Crippen molar-refractivity contribution in [2.75, 3.05) is 31.6 Å². The molecule has 33 heavy (non-hydrogen) atoms. The van der Waals surface area contributed by atoms with E-state index in [4.69, 9.17) is 4.74 Å². The second kappa shape index (κ2) is 9.67. The van der Waals surface area contributed by atoms with Crippen LogP contribution < -0.4 is 15.0 Å². The standard InChI is InChI=1S/C28H31N3O2/c1-33-26-9-5-6-21(18-26)20-30-15-13-25(14-16-30)29-28(32)31-17-12-24-19-23(10-11-27(24)31)22-7-3-2-4-8-22/h2-11,18-19,25H,12-17,20H2,1H3,(H,29,32). The zero-order valence-corrected chi connectivity index (χ0v) is 19.2. The highest BCUT2D eigenvalue weighted by atomic mass is 16.5. The third-order valence-corrected chi connectivity index (χ3v) is 6.78. The van der Waals surface area contributed by atoms with Crippen molar-refractivity contribution in [3.8, 4) is 16.9 Å². The molecule has 3 aromatic rings. The summed E-state index contributed by atoms with van der Waals surface area (Å²) >= 11 is 0. The monoisotopic (exact) mass is 441 g/mol. The number of rotatable bonds is 5. The highest BCUT2D eigenvalue weighted by Crippen LogP contribution is 2.32. The molecule has 0 aromatic heterocycles. The molecule has 2 aliphatic rings. The number of likely N-dealkylation sites (tertiary alicyclic amines) is 1. The SMILES string of the molecule is COc1cccc(CN2CCC(NC(=O)N3CCc4cc(-c5ccccc5)ccc43)CC2)c1. The summed E-state index contributed by atoms with van der Waals surface area (Å²) in [5.74, 6) is 0.899. The first-order chi connectivity index (χ1) is 16.2. The van der Waals surface area contributed by atoms with Crippen LogP contribution in [0.2, 0.25) is 0 Å². The molecule has 0 bridgehead atoms. The largest absolute Gasteiger partial charge is 0.497 e. The Bertz CT molecular complexity index is 1110. The van der Waals surface area contributed by atoms with Gasteiger partial charge in [0.05, 0.1) is 7.11 Å². The molecule has 0 spiro atoms. The molecule has 2 aliphatic heterocycles. The number of nitrogens with one attached hydrogen (secondary N) is 1. The Kier molecular flexibility index (Phi) is 6.31. The molecule has 170 valence electrons. The van der Waals surface area contributed by atoms with Gasteiger partial charge in [-0.2, -0.15) is 0 Å². The number of benzene rings is 3. The minimum absolute atomic E-state index is 0.0347. The fourth-order valence-electron chi connectivity index (χ4n) is 4.94. The molecule has 1 N–H and O–H groups in total. The molecule has 2 heterocycles. The fraction of sp³-hybridized carbons (Fsp3) is 0.321. The lowest BCUT2D eigenvalue weighted by atomic mass is 10.0. The number of piperidine rings is 1. The van der Waals surface area contributed by atoms with Gasteiger partial charge in [-0.1, -0.05) is 48.5 Å².